The summed E-state index contributed by atoms with van der Waals surface area (Å²) in [5, 5.41) is 0.660. The highest BCUT2D eigenvalue weighted by Gasteiger charge is 2.37. The number of hydrogen-bond donors (Lipinski definition) is 0. The van der Waals surface area contributed by atoms with Gasteiger partial charge in [-0.15, -0.1) is 0 Å². The molecule has 11 heteroatoms. The summed E-state index contributed by atoms with van der Waals surface area (Å²) >= 11 is 1.25. The van der Waals surface area contributed by atoms with E-state index in [4.69, 9.17) is 9.72 Å². The Labute approximate surface area is 199 Å². The molecule has 34 heavy (non-hydrogen) atoms. The third kappa shape index (κ3) is 3.75. The van der Waals surface area contributed by atoms with E-state index < -0.39 is 5.82 Å². The fourth-order valence-electron chi connectivity index (χ4n) is 4.42. The summed E-state index contributed by atoms with van der Waals surface area (Å²) in [6.07, 6.45) is 2.04. The maximum atomic E-state index is 13.4. The molecule has 0 radical (unpaired) electrons. The molecule has 2 aliphatic rings. The van der Waals surface area contributed by atoms with Crippen LogP contribution in [-0.2, 0) is 16.1 Å². The topological polar surface area (TPSA) is 93.5 Å². The maximum Gasteiger partial charge on any atom is 0.255 e. The predicted octanol–water partition coefficient (Wildman–Crippen LogP) is 3.33. The van der Waals surface area contributed by atoms with Crippen LogP contribution >= 0.6 is 11.5 Å². The number of carbonyl (C=O) groups is 2. The summed E-state index contributed by atoms with van der Waals surface area (Å²) in [5.74, 6) is 1.58. The zero-order valence-electron chi connectivity index (χ0n) is 19.0. The Morgan fingerprint density at radius 2 is 1.94 bits per heavy atom. The van der Waals surface area contributed by atoms with Crippen LogP contribution in [0.1, 0.15) is 41.3 Å². The van der Waals surface area contributed by atoms with Crippen molar-refractivity contribution in [3.63, 3.8) is 0 Å². The fraction of sp³-hybridized carbons (Fsp3) is 0.348. The van der Waals surface area contributed by atoms with Crippen molar-refractivity contribution < 1.29 is 18.7 Å². The first-order valence-electron chi connectivity index (χ1n) is 10.9. The van der Waals surface area contributed by atoms with Gasteiger partial charge >= 0.3 is 0 Å². The highest BCUT2D eigenvalue weighted by Crippen LogP contribution is 2.39. The number of ether oxygens (including phenoxy) is 1. The van der Waals surface area contributed by atoms with E-state index in [0.29, 0.717) is 59.9 Å². The molecule has 176 valence electrons. The summed E-state index contributed by atoms with van der Waals surface area (Å²) in [6.45, 7) is 5.06. The number of carbonyl (C=O) groups excluding carboxylic acids is 2. The van der Waals surface area contributed by atoms with Gasteiger partial charge in [0.1, 0.15) is 17.4 Å². The van der Waals surface area contributed by atoms with Crippen molar-refractivity contribution in [1.29, 1.82) is 0 Å². The van der Waals surface area contributed by atoms with Crippen molar-refractivity contribution in [3.05, 3.63) is 59.0 Å². The highest BCUT2D eigenvalue weighted by molar-refractivity contribution is 7.09. The van der Waals surface area contributed by atoms with Crippen molar-refractivity contribution in [2.45, 2.75) is 32.9 Å². The Balaban J connectivity index is 1.58. The molecule has 0 aliphatic carbocycles. The predicted molar refractivity (Wildman–Crippen MR) is 124 cm³/mol. The lowest BCUT2D eigenvalue weighted by molar-refractivity contribution is -0.114. The number of aromatic nitrogens is 4. The lowest BCUT2D eigenvalue weighted by Gasteiger charge is -2.36. The second-order valence-corrected chi connectivity index (χ2v) is 8.93. The SMILES string of the molecule is COC1=CC(=O)N(c2nc(-c3nc(C)ns3)n3c2[C@@H](C)N(C(=O)c2ccc(F)cc2)CC3)CC1. The Kier molecular flexibility index (Phi) is 5.64. The minimum Gasteiger partial charge on any atom is -0.501 e. The molecule has 1 atom stereocenters. The number of imidazole rings is 1. The zero-order chi connectivity index (χ0) is 24.0. The number of methoxy groups -OCH3 is 1. The third-order valence-corrected chi connectivity index (χ3v) is 6.94. The second-order valence-electron chi connectivity index (χ2n) is 8.18. The molecule has 2 aliphatic heterocycles. The molecule has 0 spiro atoms. The van der Waals surface area contributed by atoms with Gasteiger partial charge in [-0.25, -0.2) is 14.4 Å². The average molecular weight is 483 g/mol. The van der Waals surface area contributed by atoms with Gasteiger partial charge in [0.2, 0.25) is 0 Å². The summed E-state index contributed by atoms with van der Waals surface area (Å²) < 4.78 is 24.9. The van der Waals surface area contributed by atoms with Crippen LogP contribution in [0.3, 0.4) is 0 Å². The molecule has 0 bridgehead atoms. The molecule has 1 aromatic carbocycles. The number of benzene rings is 1. The van der Waals surface area contributed by atoms with E-state index in [0.717, 1.165) is 5.69 Å². The first kappa shape index (κ1) is 22.2. The Morgan fingerprint density at radius 1 is 1.18 bits per heavy atom. The van der Waals surface area contributed by atoms with Gasteiger partial charge in [-0.2, -0.15) is 4.37 Å². The van der Waals surface area contributed by atoms with Crippen molar-refractivity contribution in [2.24, 2.45) is 0 Å². The maximum absolute atomic E-state index is 13.4. The van der Waals surface area contributed by atoms with Gasteiger partial charge in [-0.3, -0.25) is 14.5 Å². The summed E-state index contributed by atoms with van der Waals surface area (Å²) in [5.41, 5.74) is 1.16. The van der Waals surface area contributed by atoms with Gasteiger partial charge < -0.3 is 14.2 Å². The number of nitrogens with zero attached hydrogens (tertiary/aromatic N) is 6. The first-order valence-corrected chi connectivity index (χ1v) is 11.7. The lowest BCUT2D eigenvalue weighted by atomic mass is 10.1. The molecule has 9 nitrogen and oxygen atoms in total. The van der Waals surface area contributed by atoms with Crippen LogP contribution in [-0.4, -0.2) is 55.8 Å². The second kappa shape index (κ2) is 8.64. The van der Waals surface area contributed by atoms with E-state index >= 15 is 0 Å². The van der Waals surface area contributed by atoms with Gasteiger partial charge in [0.05, 0.1) is 18.8 Å². The molecule has 0 saturated carbocycles. The fourth-order valence-corrected chi connectivity index (χ4v) is 5.09. The van der Waals surface area contributed by atoms with Crippen LogP contribution in [0.4, 0.5) is 10.2 Å². The van der Waals surface area contributed by atoms with Crippen LogP contribution in [0.15, 0.2) is 36.1 Å². The van der Waals surface area contributed by atoms with Crippen molar-refractivity contribution in [1.82, 2.24) is 23.8 Å². The van der Waals surface area contributed by atoms with Crippen LogP contribution in [0.2, 0.25) is 0 Å². The van der Waals surface area contributed by atoms with Gasteiger partial charge in [0.15, 0.2) is 16.6 Å². The van der Waals surface area contributed by atoms with Crippen molar-refractivity contribution in [2.75, 3.05) is 25.1 Å². The average Bonchev–Trinajstić information content (AvgIpc) is 3.43. The quantitative estimate of drug-likeness (QED) is 0.566. The minimum absolute atomic E-state index is 0.203. The van der Waals surface area contributed by atoms with Crippen LogP contribution < -0.4 is 4.90 Å². The van der Waals surface area contributed by atoms with E-state index in [-0.39, 0.29) is 17.9 Å². The smallest absolute Gasteiger partial charge is 0.255 e. The first-order chi connectivity index (χ1) is 16.4. The number of halogens is 1. The van der Waals surface area contributed by atoms with Crippen LogP contribution in [0.5, 0.6) is 0 Å². The zero-order valence-corrected chi connectivity index (χ0v) is 19.8. The molecule has 3 aromatic rings. The molecule has 4 heterocycles. The van der Waals surface area contributed by atoms with E-state index in [1.54, 1.807) is 16.9 Å². The van der Waals surface area contributed by atoms with Gasteiger partial charge in [0, 0.05) is 37.7 Å². The van der Waals surface area contributed by atoms with Gasteiger partial charge in [-0.1, -0.05) is 0 Å². The Morgan fingerprint density at radius 3 is 2.59 bits per heavy atom. The van der Waals surface area contributed by atoms with Crippen LogP contribution in [0.25, 0.3) is 10.8 Å². The molecule has 0 N–H and O–H groups in total. The third-order valence-electron chi connectivity index (χ3n) is 6.14. The summed E-state index contributed by atoms with van der Waals surface area (Å²) in [4.78, 5) is 38.9. The van der Waals surface area contributed by atoms with E-state index in [1.807, 2.05) is 18.4 Å². The Bertz CT molecular complexity index is 1300. The Hall–Kier alpha value is -3.60. The standard InChI is InChI=1S/C23H23FN6O3S/c1-13-19-20(29-9-8-17(33-3)12-18(29)31)26-21(22-25-14(2)27-34-22)30(19)11-10-28(13)23(32)15-4-6-16(24)7-5-15/h4-7,12-13H,8-11H2,1-3H3/t13-/m1/s1. The molecule has 2 aromatic heterocycles. The molecule has 5 rings (SSSR count). The van der Waals surface area contributed by atoms with Gasteiger partial charge in [0.25, 0.3) is 11.8 Å². The molecular formula is C23H23FN6O3S. The van der Waals surface area contributed by atoms with Crippen LogP contribution in [0, 0.1) is 12.7 Å². The summed E-state index contributed by atoms with van der Waals surface area (Å²) in [6, 6.07) is 5.15. The van der Waals surface area contributed by atoms with E-state index in [9.17, 15) is 14.0 Å². The molecule has 2 amide bonds. The summed E-state index contributed by atoms with van der Waals surface area (Å²) in [7, 11) is 1.55. The molecular weight excluding hydrogens is 459 g/mol. The largest absolute Gasteiger partial charge is 0.501 e. The lowest BCUT2D eigenvalue weighted by Crippen LogP contribution is -2.42. The number of aryl methyl sites for hydroxylation is 1. The van der Waals surface area contributed by atoms with Crippen molar-refractivity contribution in [3.8, 4) is 10.8 Å². The van der Waals surface area contributed by atoms with Gasteiger partial charge in [-0.05, 0) is 49.6 Å². The highest BCUT2D eigenvalue weighted by atomic mass is 32.1. The number of anilines is 1. The number of hydrogen-bond acceptors (Lipinski definition) is 7. The number of fused-ring (bicyclic) bond motifs is 1. The number of rotatable bonds is 4. The monoisotopic (exact) mass is 482 g/mol. The normalized spacial score (nSPS) is 18.1. The van der Waals surface area contributed by atoms with Crippen molar-refractivity contribution >= 4 is 29.2 Å². The minimum atomic E-state index is -0.396. The molecule has 0 unspecified atom stereocenters. The molecule has 0 saturated heterocycles. The molecule has 0 fully saturated rings. The van der Waals surface area contributed by atoms with E-state index in [2.05, 4.69) is 9.36 Å². The number of amides is 2. The van der Waals surface area contributed by atoms with E-state index in [1.165, 1.54) is 41.9 Å².